The van der Waals surface area contributed by atoms with E-state index in [0.29, 0.717) is 0 Å². The minimum Gasteiger partial charge on any atom is -0.490 e. The monoisotopic (exact) mass is 208 g/mol. The number of nitrogens with zero attached hydrogens (tertiary/aromatic N) is 2. The first-order valence-corrected chi connectivity index (χ1v) is 5.63. The van der Waals surface area contributed by atoms with Crippen LogP contribution in [0, 0.1) is 0 Å². The van der Waals surface area contributed by atoms with Crippen LogP contribution < -0.4 is 4.74 Å². The van der Waals surface area contributed by atoms with Gasteiger partial charge in [0.25, 0.3) is 0 Å². The van der Waals surface area contributed by atoms with Gasteiger partial charge in [0.05, 0.1) is 19.0 Å². The largest absolute Gasteiger partial charge is 0.490 e. The molecule has 1 aromatic heterocycles. The lowest BCUT2D eigenvalue weighted by atomic mass is 10.2. The summed E-state index contributed by atoms with van der Waals surface area (Å²) in [6.45, 7) is 7.43. The van der Waals surface area contributed by atoms with Crippen LogP contribution in [0.25, 0.3) is 0 Å². The maximum Gasteiger partial charge on any atom is 0.157 e. The van der Waals surface area contributed by atoms with Crippen LogP contribution in [0.1, 0.15) is 32.6 Å². The Morgan fingerprint density at radius 1 is 1.47 bits per heavy atom. The van der Waals surface area contributed by atoms with E-state index < -0.39 is 0 Å². The highest BCUT2D eigenvalue weighted by Crippen LogP contribution is 2.09. The number of hydrogen-bond donors (Lipinski definition) is 0. The zero-order chi connectivity index (χ0) is 10.9. The number of aromatic nitrogens is 2. The van der Waals surface area contributed by atoms with Gasteiger partial charge in [-0.2, -0.15) is 5.10 Å². The number of aryl methyl sites for hydroxylation is 1. The molecule has 1 aromatic rings. The zero-order valence-electron chi connectivity index (χ0n) is 9.48. The Labute approximate surface area is 91.7 Å². The van der Waals surface area contributed by atoms with Gasteiger partial charge >= 0.3 is 0 Å². The van der Waals surface area contributed by atoms with Crippen LogP contribution in [-0.4, -0.2) is 16.4 Å². The van der Waals surface area contributed by atoms with Crippen LogP contribution in [0.5, 0.6) is 5.75 Å². The molecule has 0 radical (unpaired) electrons. The Morgan fingerprint density at radius 2 is 2.33 bits per heavy atom. The third-order valence-electron chi connectivity index (χ3n) is 2.25. The lowest BCUT2D eigenvalue weighted by molar-refractivity contribution is 0.305. The molecule has 0 aliphatic rings. The summed E-state index contributed by atoms with van der Waals surface area (Å²) in [7, 11) is 0. The van der Waals surface area contributed by atoms with Crippen molar-refractivity contribution >= 4 is 0 Å². The maximum atomic E-state index is 5.56. The number of hydrogen-bond acceptors (Lipinski definition) is 2. The van der Waals surface area contributed by atoms with Gasteiger partial charge in [-0.3, -0.25) is 4.68 Å². The Balaban J connectivity index is 2.06. The second-order valence-electron chi connectivity index (χ2n) is 3.52. The molecule has 0 saturated heterocycles. The van der Waals surface area contributed by atoms with Gasteiger partial charge in [0, 0.05) is 6.54 Å². The van der Waals surface area contributed by atoms with Crippen molar-refractivity contribution in [2.45, 2.75) is 39.2 Å². The average molecular weight is 208 g/mol. The minimum absolute atomic E-state index is 0.784. The lowest BCUT2D eigenvalue weighted by Gasteiger charge is -2.02. The third-order valence-corrected chi connectivity index (χ3v) is 2.25. The van der Waals surface area contributed by atoms with Gasteiger partial charge in [-0.05, 0) is 32.6 Å². The SMILES string of the molecule is C=CCCCCCOc1cnn(CC)c1. The van der Waals surface area contributed by atoms with Crippen LogP contribution in [-0.2, 0) is 6.54 Å². The first-order valence-electron chi connectivity index (χ1n) is 5.63. The normalized spacial score (nSPS) is 10.2. The van der Waals surface area contributed by atoms with E-state index in [1.54, 1.807) is 6.20 Å². The molecule has 0 bridgehead atoms. The summed E-state index contributed by atoms with van der Waals surface area (Å²) in [5.74, 6) is 0.876. The van der Waals surface area contributed by atoms with Crippen molar-refractivity contribution in [3.63, 3.8) is 0 Å². The highest BCUT2D eigenvalue weighted by Gasteiger charge is 1.97. The predicted octanol–water partition coefficient (Wildman–Crippen LogP) is 3.03. The van der Waals surface area contributed by atoms with E-state index in [9.17, 15) is 0 Å². The first kappa shape index (κ1) is 11.8. The molecule has 1 rings (SSSR count). The number of ether oxygens (including phenoxy) is 1. The summed E-state index contributed by atoms with van der Waals surface area (Å²) in [5, 5.41) is 4.14. The van der Waals surface area contributed by atoms with Crippen molar-refractivity contribution in [3.8, 4) is 5.75 Å². The van der Waals surface area contributed by atoms with Crippen LogP contribution in [0.2, 0.25) is 0 Å². The van der Waals surface area contributed by atoms with Crippen molar-refractivity contribution in [2.75, 3.05) is 6.61 Å². The van der Waals surface area contributed by atoms with Gasteiger partial charge in [0.2, 0.25) is 0 Å². The van der Waals surface area contributed by atoms with Crippen LogP contribution >= 0.6 is 0 Å². The molecule has 0 amide bonds. The minimum atomic E-state index is 0.784. The molecule has 0 aromatic carbocycles. The molecule has 0 aliphatic carbocycles. The molecule has 3 nitrogen and oxygen atoms in total. The Bertz CT molecular complexity index is 281. The molecule has 0 unspecified atom stereocenters. The molecule has 15 heavy (non-hydrogen) atoms. The smallest absolute Gasteiger partial charge is 0.157 e. The van der Waals surface area contributed by atoms with E-state index in [0.717, 1.165) is 31.7 Å². The van der Waals surface area contributed by atoms with E-state index in [1.165, 1.54) is 12.8 Å². The van der Waals surface area contributed by atoms with Crippen LogP contribution in [0.3, 0.4) is 0 Å². The Kier molecular flexibility index (Phi) is 5.59. The fraction of sp³-hybridized carbons (Fsp3) is 0.583. The molecule has 0 fully saturated rings. The standard InChI is InChI=1S/C12H20N2O/c1-3-5-6-7-8-9-15-12-10-13-14(4-2)11-12/h3,10-11H,1,4-9H2,2H3. The topological polar surface area (TPSA) is 27.1 Å². The summed E-state index contributed by atoms with van der Waals surface area (Å²) < 4.78 is 7.43. The second-order valence-corrected chi connectivity index (χ2v) is 3.52. The lowest BCUT2D eigenvalue weighted by Crippen LogP contribution is -1.96. The molecule has 0 spiro atoms. The highest BCUT2D eigenvalue weighted by atomic mass is 16.5. The summed E-state index contributed by atoms with van der Waals surface area (Å²) in [6.07, 6.45) is 10.3. The van der Waals surface area contributed by atoms with Crippen LogP contribution in [0.15, 0.2) is 25.0 Å². The van der Waals surface area contributed by atoms with E-state index in [-0.39, 0.29) is 0 Å². The van der Waals surface area contributed by atoms with Crippen molar-refractivity contribution in [2.24, 2.45) is 0 Å². The fourth-order valence-electron chi connectivity index (χ4n) is 1.35. The third kappa shape index (κ3) is 4.68. The van der Waals surface area contributed by atoms with Crippen molar-refractivity contribution < 1.29 is 4.74 Å². The Hall–Kier alpha value is -1.25. The number of rotatable bonds is 8. The average Bonchev–Trinajstić information content (AvgIpc) is 2.71. The Morgan fingerprint density at radius 3 is 3.00 bits per heavy atom. The maximum absolute atomic E-state index is 5.56. The van der Waals surface area contributed by atoms with Gasteiger partial charge in [-0.15, -0.1) is 6.58 Å². The van der Waals surface area contributed by atoms with E-state index in [4.69, 9.17) is 4.74 Å². The van der Waals surface area contributed by atoms with Crippen molar-refractivity contribution in [1.82, 2.24) is 9.78 Å². The highest BCUT2D eigenvalue weighted by molar-refractivity contribution is 5.11. The molecule has 84 valence electrons. The molecule has 0 saturated carbocycles. The van der Waals surface area contributed by atoms with Gasteiger partial charge in [-0.25, -0.2) is 0 Å². The van der Waals surface area contributed by atoms with Crippen LogP contribution in [0.4, 0.5) is 0 Å². The molecule has 0 aliphatic heterocycles. The van der Waals surface area contributed by atoms with Crippen molar-refractivity contribution in [3.05, 3.63) is 25.0 Å². The quantitative estimate of drug-likeness (QED) is 0.485. The molecular formula is C12H20N2O. The number of allylic oxidation sites excluding steroid dienone is 1. The molecule has 0 N–H and O–H groups in total. The van der Waals surface area contributed by atoms with Gasteiger partial charge in [0.15, 0.2) is 5.75 Å². The van der Waals surface area contributed by atoms with Gasteiger partial charge in [-0.1, -0.05) is 6.08 Å². The van der Waals surface area contributed by atoms with Gasteiger partial charge < -0.3 is 4.74 Å². The summed E-state index contributed by atoms with van der Waals surface area (Å²) >= 11 is 0. The zero-order valence-corrected chi connectivity index (χ0v) is 9.48. The summed E-state index contributed by atoms with van der Waals surface area (Å²) in [5.41, 5.74) is 0. The molecule has 0 atom stereocenters. The second kappa shape index (κ2) is 7.10. The number of unbranched alkanes of at least 4 members (excludes halogenated alkanes) is 3. The molecular weight excluding hydrogens is 188 g/mol. The molecule has 3 heteroatoms. The fourth-order valence-corrected chi connectivity index (χ4v) is 1.35. The van der Waals surface area contributed by atoms with Crippen molar-refractivity contribution in [1.29, 1.82) is 0 Å². The van der Waals surface area contributed by atoms with E-state index in [1.807, 2.05) is 17.0 Å². The van der Waals surface area contributed by atoms with E-state index in [2.05, 4.69) is 18.6 Å². The van der Waals surface area contributed by atoms with E-state index >= 15 is 0 Å². The van der Waals surface area contributed by atoms with Gasteiger partial charge in [0.1, 0.15) is 0 Å². The molecule has 1 heterocycles. The predicted molar refractivity (Wildman–Crippen MR) is 62.1 cm³/mol. The summed E-state index contributed by atoms with van der Waals surface area (Å²) in [4.78, 5) is 0. The summed E-state index contributed by atoms with van der Waals surface area (Å²) in [6, 6.07) is 0. The first-order chi connectivity index (χ1) is 7.36.